The van der Waals surface area contributed by atoms with Gasteiger partial charge in [0.05, 0.1) is 6.04 Å². The van der Waals surface area contributed by atoms with Gasteiger partial charge in [-0.1, -0.05) is 0 Å². The van der Waals surface area contributed by atoms with Crippen molar-refractivity contribution in [3.63, 3.8) is 0 Å². The van der Waals surface area contributed by atoms with Crippen LogP contribution in [0.1, 0.15) is 13.3 Å². The van der Waals surface area contributed by atoms with Gasteiger partial charge in [0.1, 0.15) is 0 Å². The maximum Gasteiger partial charge on any atom is 0.235 e. The third-order valence-electron chi connectivity index (χ3n) is 1.10. The van der Waals surface area contributed by atoms with Crippen molar-refractivity contribution in [1.82, 2.24) is 0 Å². The van der Waals surface area contributed by atoms with E-state index in [2.05, 4.69) is 4.99 Å². The minimum atomic E-state index is -0.780. The van der Waals surface area contributed by atoms with Crippen molar-refractivity contribution in [3.05, 3.63) is 0 Å². The zero-order valence-corrected chi connectivity index (χ0v) is 6.98. The zero-order chi connectivity index (χ0) is 7.98. The monoisotopic (exact) mass is 161 g/mol. The molecule has 0 heterocycles. The number of rotatable bonds is 4. The molecular weight excluding hydrogens is 150 g/mol. The first-order valence-corrected chi connectivity index (χ1v) is 4.76. The third-order valence-corrected chi connectivity index (χ3v) is 1.91. The highest BCUT2D eigenvalue weighted by molar-refractivity contribution is 7.84. The van der Waals surface area contributed by atoms with Crippen LogP contribution in [0.5, 0.6) is 0 Å². The van der Waals surface area contributed by atoms with Crippen molar-refractivity contribution in [2.45, 2.75) is 19.4 Å². The Morgan fingerprint density at radius 1 is 1.70 bits per heavy atom. The molecule has 3 nitrogen and oxygen atoms in total. The summed E-state index contributed by atoms with van der Waals surface area (Å²) in [4.78, 5) is 13.1. The van der Waals surface area contributed by atoms with Crippen LogP contribution in [0, 0.1) is 0 Å². The molecule has 0 aromatic carbocycles. The minimum absolute atomic E-state index is 0.0404. The molecule has 0 saturated carbocycles. The highest BCUT2D eigenvalue weighted by Crippen LogP contribution is 1.95. The summed E-state index contributed by atoms with van der Waals surface area (Å²) in [5, 5.41) is 0. The standard InChI is InChI=1S/C6H11NO2S/c1-6(7-5-8)3-4-10(2)9/h6H,3-4H2,1-2H3. The molecule has 0 saturated heterocycles. The van der Waals surface area contributed by atoms with Gasteiger partial charge in [0.2, 0.25) is 6.08 Å². The lowest BCUT2D eigenvalue weighted by Gasteiger charge is -1.99. The largest absolute Gasteiger partial charge is 0.260 e. The van der Waals surface area contributed by atoms with E-state index < -0.39 is 10.8 Å². The molecule has 2 unspecified atom stereocenters. The molecule has 0 rings (SSSR count). The molecule has 0 aromatic rings. The molecule has 0 radical (unpaired) electrons. The van der Waals surface area contributed by atoms with Gasteiger partial charge in [-0.05, 0) is 13.3 Å². The summed E-state index contributed by atoms with van der Waals surface area (Å²) in [6.07, 6.45) is 3.80. The van der Waals surface area contributed by atoms with Gasteiger partial charge < -0.3 is 0 Å². The summed E-state index contributed by atoms with van der Waals surface area (Å²) in [7, 11) is -0.780. The summed E-state index contributed by atoms with van der Waals surface area (Å²) < 4.78 is 10.5. The van der Waals surface area contributed by atoms with Crippen LogP contribution >= 0.6 is 0 Å². The molecule has 4 heteroatoms. The highest BCUT2D eigenvalue weighted by Gasteiger charge is 1.99. The maximum absolute atomic E-state index is 10.5. The Morgan fingerprint density at radius 3 is 2.70 bits per heavy atom. The van der Waals surface area contributed by atoms with E-state index in [1.165, 1.54) is 6.08 Å². The smallest absolute Gasteiger partial charge is 0.235 e. The van der Waals surface area contributed by atoms with Crippen molar-refractivity contribution in [2.75, 3.05) is 12.0 Å². The number of carbonyl (C=O) groups excluding carboxylic acids is 1. The van der Waals surface area contributed by atoms with E-state index in [1.807, 2.05) is 0 Å². The van der Waals surface area contributed by atoms with Crippen LogP contribution in [0.4, 0.5) is 0 Å². The minimum Gasteiger partial charge on any atom is -0.260 e. The Bertz CT molecular complexity index is 163. The molecule has 0 aliphatic heterocycles. The lowest BCUT2D eigenvalue weighted by Crippen LogP contribution is -2.04. The Morgan fingerprint density at radius 2 is 2.30 bits per heavy atom. The van der Waals surface area contributed by atoms with E-state index in [0.717, 1.165) is 0 Å². The van der Waals surface area contributed by atoms with Crippen LogP contribution < -0.4 is 0 Å². The van der Waals surface area contributed by atoms with Gasteiger partial charge >= 0.3 is 0 Å². The molecule has 0 amide bonds. The van der Waals surface area contributed by atoms with Crippen molar-refractivity contribution < 1.29 is 9.00 Å². The molecule has 0 fully saturated rings. The second kappa shape index (κ2) is 5.33. The molecule has 0 N–H and O–H groups in total. The van der Waals surface area contributed by atoms with Gasteiger partial charge in [-0.2, -0.15) is 0 Å². The van der Waals surface area contributed by atoms with Crippen molar-refractivity contribution in [3.8, 4) is 0 Å². The molecule has 0 spiro atoms. The molecule has 0 aliphatic rings. The summed E-state index contributed by atoms with van der Waals surface area (Å²) in [6, 6.07) is -0.0404. The summed E-state index contributed by atoms with van der Waals surface area (Å²) >= 11 is 0. The predicted octanol–water partition coefficient (Wildman–Crippen LogP) is 0.479. The highest BCUT2D eigenvalue weighted by atomic mass is 32.2. The van der Waals surface area contributed by atoms with Crippen LogP contribution in [-0.4, -0.2) is 28.3 Å². The van der Waals surface area contributed by atoms with Crippen LogP contribution in [0.25, 0.3) is 0 Å². The molecule has 10 heavy (non-hydrogen) atoms. The lowest BCUT2D eigenvalue weighted by molar-refractivity contribution is 0.557. The van der Waals surface area contributed by atoms with Crippen molar-refractivity contribution in [2.24, 2.45) is 4.99 Å². The summed E-state index contributed by atoms with van der Waals surface area (Å²) in [6.45, 7) is 1.80. The van der Waals surface area contributed by atoms with Gasteiger partial charge in [-0.25, -0.2) is 9.79 Å². The normalized spacial score (nSPS) is 15.4. The fraction of sp³-hybridized carbons (Fsp3) is 0.833. The molecule has 0 bridgehead atoms. The van der Waals surface area contributed by atoms with E-state index >= 15 is 0 Å². The molecule has 2 atom stereocenters. The first kappa shape index (κ1) is 9.53. The van der Waals surface area contributed by atoms with Gasteiger partial charge in [0, 0.05) is 22.8 Å². The summed E-state index contributed by atoms with van der Waals surface area (Å²) in [5.41, 5.74) is 0. The first-order chi connectivity index (χ1) is 4.66. The Hall–Kier alpha value is -0.470. The molecule has 58 valence electrons. The molecule has 0 aromatic heterocycles. The van der Waals surface area contributed by atoms with Crippen LogP contribution in [0.15, 0.2) is 4.99 Å². The lowest BCUT2D eigenvalue weighted by atomic mass is 10.3. The number of isocyanates is 1. The quantitative estimate of drug-likeness (QED) is 0.444. The van der Waals surface area contributed by atoms with Crippen LogP contribution in [0.3, 0.4) is 0 Å². The SMILES string of the molecule is CC(CCS(C)=O)N=C=O. The molecule has 0 aliphatic carbocycles. The second-order valence-electron chi connectivity index (χ2n) is 2.14. The second-order valence-corrected chi connectivity index (χ2v) is 3.69. The number of aliphatic imine (C=N–C) groups is 1. The topological polar surface area (TPSA) is 46.5 Å². The molecular formula is C6H11NO2S. The summed E-state index contributed by atoms with van der Waals surface area (Å²) in [5.74, 6) is 0.604. The fourth-order valence-electron chi connectivity index (χ4n) is 0.491. The van der Waals surface area contributed by atoms with Gasteiger partial charge in [-0.3, -0.25) is 4.21 Å². The van der Waals surface area contributed by atoms with Gasteiger partial charge in [-0.15, -0.1) is 0 Å². The maximum atomic E-state index is 10.5. The Balaban J connectivity index is 3.48. The number of nitrogens with zero attached hydrogens (tertiary/aromatic N) is 1. The van der Waals surface area contributed by atoms with E-state index in [0.29, 0.717) is 12.2 Å². The number of hydrogen-bond acceptors (Lipinski definition) is 3. The average molecular weight is 161 g/mol. The van der Waals surface area contributed by atoms with Crippen LogP contribution in [0.2, 0.25) is 0 Å². The first-order valence-electron chi connectivity index (χ1n) is 3.04. The van der Waals surface area contributed by atoms with Crippen LogP contribution in [-0.2, 0) is 15.6 Å². The van der Waals surface area contributed by atoms with Crippen molar-refractivity contribution in [1.29, 1.82) is 0 Å². The van der Waals surface area contributed by atoms with Gasteiger partial charge in [0.25, 0.3) is 0 Å². The average Bonchev–Trinajstić information content (AvgIpc) is 1.85. The number of hydrogen-bond donors (Lipinski definition) is 0. The van der Waals surface area contributed by atoms with E-state index in [4.69, 9.17) is 0 Å². The van der Waals surface area contributed by atoms with E-state index in [-0.39, 0.29) is 6.04 Å². The van der Waals surface area contributed by atoms with Gasteiger partial charge in [0.15, 0.2) is 0 Å². The zero-order valence-electron chi connectivity index (χ0n) is 6.16. The Labute approximate surface area is 63.0 Å². The van der Waals surface area contributed by atoms with E-state index in [1.54, 1.807) is 13.2 Å². The third kappa shape index (κ3) is 5.66. The van der Waals surface area contributed by atoms with Crippen molar-refractivity contribution >= 4 is 16.9 Å². The van der Waals surface area contributed by atoms with E-state index in [9.17, 15) is 9.00 Å². The Kier molecular flexibility index (Phi) is 5.08. The predicted molar refractivity (Wildman–Crippen MR) is 41.1 cm³/mol. The fourth-order valence-corrected chi connectivity index (χ4v) is 1.16.